The lowest BCUT2D eigenvalue weighted by Crippen LogP contribution is -2.44. The second kappa shape index (κ2) is 6.13. The van der Waals surface area contributed by atoms with E-state index < -0.39 is 0 Å². The summed E-state index contributed by atoms with van der Waals surface area (Å²) >= 11 is 0. The highest BCUT2D eigenvalue weighted by molar-refractivity contribution is 5.95. The molecule has 5 N–H and O–H groups in total. The van der Waals surface area contributed by atoms with E-state index in [0.29, 0.717) is 11.3 Å². The van der Waals surface area contributed by atoms with E-state index in [9.17, 15) is 9.90 Å². The van der Waals surface area contributed by atoms with Crippen LogP contribution in [-0.2, 0) is 0 Å². The lowest BCUT2D eigenvalue weighted by Gasteiger charge is -2.37. The van der Waals surface area contributed by atoms with Gasteiger partial charge in [-0.05, 0) is 31.0 Å². The first-order chi connectivity index (χ1) is 9.60. The van der Waals surface area contributed by atoms with Crippen molar-refractivity contribution in [3.63, 3.8) is 0 Å². The van der Waals surface area contributed by atoms with Crippen LogP contribution in [0.5, 0.6) is 0 Å². The summed E-state index contributed by atoms with van der Waals surface area (Å²) in [6.07, 6.45) is 5.34. The summed E-state index contributed by atoms with van der Waals surface area (Å²) in [6.45, 7) is 0.101. The molecule has 1 saturated carbocycles. The van der Waals surface area contributed by atoms with E-state index in [-0.39, 0.29) is 18.1 Å². The number of nitrogens with one attached hydrogen (secondary N) is 2. The van der Waals surface area contributed by atoms with Crippen molar-refractivity contribution >= 4 is 17.3 Å². The monoisotopic (exact) mass is 277 g/mol. The van der Waals surface area contributed by atoms with Crippen molar-refractivity contribution in [2.45, 2.75) is 37.6 Å². The number of carbonyl (C=O) groups is 1. The van der Waals surface area contributed by atoms with Gasteiger partial charge in [-0.25, -0.2) is 0 Å². The zero-order chi connectivity index (χ0) is 14.6. The first-order valence-corrected chi connectivity index (χ1v) is 7.11. The molecule has 20 heavy (non-hydrogen) atoms. The molecule has 1 amide bonds. The van der Waals surface area contributed by atoms with E-state index in [1.54, 1.807) is 19.2 Å². The van der Waals surface area contributed by atoms with Gasteiger partial charge in [-0.1, -0.05) is 19.3 Å². The van der Waals surface area contributed by atoms with Crippen molar-refractivity contribution in [3.05, 3.63) is 23.8 Å². The van der Waals surface area contributed by atoms with Crippen LogP contribution in [0.15, 0.2) is 18.2 Å². The number of amides is 1. The highest BCUT2D eigenvalue weighted by atomic mass is 16.3. The average Bonchev–Trinajstić information content (AvgIpc) is 2.49. The van der Waals surface area contributed by atoms with Crippen molar-refractivity contribution < 1.29 is 9.90 Å². The molecule has 0 atom stereocenters. The summed E-state index contributed by atoms with van der Waals surface area (Å²) in [5.41, 5.74) is 7.60. The Morgan fingerprint density at radius 3 is 2.60 bits per heavy atom. The third-order valence-corrected chi connectivity index (χ3v) is 4.05. The third kappa shape index (κ3) is 3.04. The van der Waals surface area contributed by atoms with Gasteiger partial charge in [0.1, 0.15) is 0 Å². The number of nitrogens with two attached hydrogens (primary N) is 1. The Bertz CT molecular complexity index is 482. The Morgan fingerprint density at radius 2 is 2.05 bits per heavy atom. The minimum absolute atomic E-state index is 0.101. The molecule has 0 bridgehead atoms. The first kappa shape index (κ1) is 14.7. The molecule has 0 unspecified atom stereocenters. The van der Waals surface area contributed by atoms with Gasteiger partial charge in [0.05, 0.1) is 23.5 Å². The zero-order valence-electron chi connectivity index (χ0n) is 11.9. The van der Waals surface area contributed by atoms with Gasteiger partial charge in [0.2, 0.25) is 0 Å². The van der Waals surface area contributed by atoms with Gasteiger partial charge < -0.3 is 21.5 Å². The number of anilines is 2. The van der Waals surface area contributed by atoms with E-state index in [4.69, 9.17) is 5.73 Å². The minimum Gasteiger partial charge on any atom is -0.397 e. The fourth-order valence-electron chi connectivity index (χ4n) is 2.80. The van der Waals surface area contributed by atoms with Gasteiger partial charge in [0.15, 0.2) is 0 Å². The highest BCUT2D eigenvalue weighted by Crippen LogP contribution is 2.33. The van der Waals surface area contributed by atoms with Gasteiger partial charge in [0.25, 0.3) is 5.91 Å². The molecule has 0 aromatic heterocycles. The summed E-state index contributed by atoms with van der Waals surface area (Å²) < 4.78 is 0. The number of hydrogen-bond donors (Lipinski definition) is 4. The first-order valence-electron chi connectivity index (χ1n) is 7.11. The van der Waals surface area contributed by atoms with Crippen LogP contribution in [0.3, 0.4) is 0 Å². The van der Waals surface area contributed by atoms with Crippen LogP contribution in [0.25, 0.3) is 0 Å². The zero-order valence-corrected chi connectivity index (χ0v) is 11.9. The number of benzene rings is 1. The van der Waals surface area contributed by atoms with E-state index in [1.165, 1.54) is 6.42 Å². The largest absolute Gasteiger partial charge is 0.397 e. The van der Waals surface area contributed by atoms with Crippen molar-refractivity contribution in [3.8, 4) is 0 Å². The lowest BCUT2D eigenvalue weighted by molar-refractivity contribution is 0.0963. The van der Waals surface area contributed by atoms with Gasteiger partial charge in [-0.2, -0.15) is 0 Å². The second-order valence-corrected chi connectivity index (χ2v) is 5.51. The molecule has 0 saturated heterocycles. The minimum atomic E-state index is -0.277. The van der Waals surface area contributed by atoms with Crippen LogP contribution in [-0.4, -0.2) is 30.2 Å². The Labute approximate surface area is 119 Å². The molecule has 1 fully saturated rings. The number of aliphatic hydroxyl groups excluding tert-OH is 1. The molecule has 5 nitrogen and oxygen atoms in total. The average molecular weight is 277 g/mol. The molecule has 0 heterocycles. The topological polar surface area (TPSA) is 87.4 Å². The molecule has 5 heteroatoms. The van der Waals surface area contributed by atoms with Crippen LogP contribution in [0, 0.1) is 0 Å². The van der Waals surface area contributed by atoms with Crippen molar-refractivity contribution in [1.82, 2.24) is 5.32 Å². The molecule has 0 radical (unpaired) electrons. The van der Waals surface area contributed by atoms with Gasteiger partial charge in [-0.15, -0.1) is 0 Å². The molecule has 2 rings (SSSR count). The Hall–Kier alpha value is -1.75. The molecule has 110 valence electrons. The summed E-state index contributed by atoms with van der Waals surface area (Å²) in [5.74, 6) is -0.155. The number of aliphatic hydroxyl groups is 1. The van der Waals surface area contributed by atoms with Crippen molar-refractivity contribution in [2.75, 3.05) is 24.7 Å². The van der Waals surface area contributed by atoms with Crippen LogP contribution < -0.4 is 16.4 Å². The SMILES string of the molecule is CNC(=O)c1ccc(NC2(CO)CCCCC2)c(N)c1. The van der Waals surface area contributed by atoms with Crippen LogP contribution in [0.1, 0.15) is 42.5 Å². The molecular formula is C15H23N3O2. The molecule has 1 aromatic carbocycles. The summed E-state index contributed by atoms with van der Waals surface area (Å²) in [5, 5.41) is 15.7. The number of nitrogen functional groups attached to an aromatic ring is 1. The van der Waals surface area contributed by atoms with Crippen molar-refractivity contribution in [1.29, 1.82) is 0 Å². The predicted molar refractivity (Wildman–Crippen MR) is 80.8 cm³/mol. The Balaban J connectivity index is 2.18. The smallest absolute Gasteiger partial charge is 0.251 e. The Morgan fingerprint density at radius 1 is 1.35 bits per heavy atom. The lowest BCUT2D eigenvalue weighted by atomic mass is 9.82. The third-order valence-electron chi connectivity index (χ3n) is 4.05. The number of rotatable bonds is 4. The van der Waals surface area contributed by atoms with Crippen molar-refractivity contribution in [2.24, 2.45) is 0 Å². The summed E-state index contributed by atoms with van der Waals surface area (Å²) in [6, 6.07) is 5.21. The highest BCUT2D eigenvalue weighted by Gasteiger charge is 2.31. The fourth-order valence-corrected chi connectivity index (χ4v) is 2.80. The summed E-state index contributed by atoms with van der Waals surface area (Å²) in [4.78, 5) is 11.6. The maximum atomic E-state index is 11.6. The van der Waals surface area contributed by atoms with Gasteiger partial charge in [-0.3, -0.25) is 4.79 Å². The normalized spacial score (nSPS) is 17.5. The maximum absolute atomic E-state index is 11.6. The molecule has 0 aliphatic heterocycles. The quantitative estimate of drug-likeness (QED) is 0.631. The molecule has 0 spiro atoms. The predicted octanol–water partition coefficient (Wildman–Crippen LogP) is 1.74. The number of carbonyl (C=O) groups excluding carboxylic acids is 1. The van der Waals surface area contributed by atoms with E-state index in [0.717, 1.165) is 31.4 Å². The molecular weight excluding hydrogens is 254 g/mol. The van der Waals surface area contributed by atoms with Crippen LogP contribution >= 0.6 is 0 Å². The van der Waals surface area contributed by atoms with Crippen LogP contribution in [0.4, 0.5) is 11.4 Å². The Kier molecular flexibility index (Phi) is 4.49. The fraction of sp³-hybridized carbons (Fsp3) is 0.533. The van der Waals surface area contributed by atoms with E-state index in [1.807, 2.05) is 6.07 Å². The maximum Gasteiger partial charge on any atom is 0.251 e. The number of hydrogen-bond acceptors (Lipinski definition) is 4. The molecule has 1 aromatic rings. The summed E-state index contributed by atoms with van der Waals surface area (Å²) in [7, 11) is 1.59. The molecule has 1 aliphatic carbocycles. The second-order valence-electron chi connectivity index (χ2n) is 5.51. The van der Waals surface area contributed by atoms with E-state index >= 15 is 0 Å². The van der Waals surface area contributed by atoms with Gasteiger partial charge in [0, 0.05) is 12.6 Å². The molecule has 1 aliphatic rings. The van der Waals surface area contributed by atoms with Crippen LogP contribution in [0.2, 0.25) is 0 Å². The standard InChI is InChI=1S/C15H23N3O2/c1-17-14(20)11-5-6-13(12(16)9-11)18-15(10-19)7-3-2-4-8-15/h5-6,9,18-19H,2-4,7-8,10,16H2,1H3,(H,17,20). The van der Waals surface area contributed by atoms with E-state index in [2.05, 4.69) is 10.6 Å². The van der Waals surface area contributed by atoms with Gasteiger partial charge >= 0.3 is 0 Å².